The van der Waals surface area contributed by atoms with Crippen LogP contribution in [-0.2, 0) is 11.3 Å². The van der Waals surface area contributed by atoms with E-state index in [2.05, 4.69) is 15.2 Å². The minimum absolute atomic E-state index is 0.232. The number of piperidine rings is 1. The van der Waals surface area contributed by atoms with Gasteiger partial charge in [0.05, 0.1) is 18.8 Å². The number of hydrogen-bond donors (Lipinski definition) is 2. The van der Waals surface area contributed by atoms with Crippen molar-refractivity contribution in [3.8, 4) is 0 Å². The second-order valence-electron chi connectivity index (χ2n) is 4.64. The number of ether oxygens (including phenoxy) is 1. The monoisotopic (exact) mass is 268 g/mol. The average molecular weight is 268 g/mol. The number of nitrogen functional groups attached to an aromatic ring is 1. The first-order valence-corrected chi connectivity index (χ1v) is 6.39. The Balaban J connectivity index is 1.81. The Labute approximate surface area is 111 Å². The van der Waals surface area contributed by atoms with E-state index in [-0.39, 0.29) is 5.69 Å². The highest BCUT2D eigenvalue weighted by Gasteiger charge is 2.19. The molecule has 2 rings (SSSR count). The molecule has 1 unspecified atom stereocenters. The molecule has 0 saturated carbocycles. The molecule has 1 saturated heterocycles. The van der Waals surface area contributed by atoms with Crippen LogP contribution in [0.1, 0.15) is 23.3 Å². The molecule has 1 aromatic heterocycles. The average Bonchev–Trinajstić information content (AvgIpc) is 2.93. The molecule has 1 aromatic rings. The lowest BCUT2D eigenvalue weighted by molar-refractivity contribution is 0.0299. The summed E-state index contributed by atoms with van der Waals surface area (Å²) in [5.74, 6) is 4.61. The van der Waals surface area contributed by atoms with Gasteiger partial charge < -0.3 is 4.74 Å². The molecule has 0 aliphatic carbocycles. The molecular formula is C11H20N6O2. The molecule has 8 heteroatoms. The lowest BCUT2D eigenvalue weighted by atomic mass is 10.1. The molecule has 0 aromatic carbocycles. The molecule has 0 radical (unpaired) electrons. The summed E-state index contributed by atoms with van der Waals surface area (Å²) in [6.07, 6.45) is 4.19. The van der Waals surface area contributed by atoms with Crippen molar-refractivity contribution in [2.24, 2.45) is 5.84 Å². The number of nitrogens with zero attached hydrogens (tertiary/aromatic N) is 4. The van der Waals surface area contributed by atoms with E-state index in [4.69, 9.17) is 10.6 Å². The predicted molar refractivity (Wildman–Crippen MR) is 68.1 cm³/mol. The number of hydrogen-bond acceptors (Lipinski definition) is 6. The summed E-state index contributed by atoms with van der Waals surface area (Å²) in [6.45, 7) is 3.58. The number of methoxy groups -OCH3 is 1. The van der Waals surface area contributed by atoms with Gasteiger partial charge in [0.25, 0.3) is 5.91 Å². The summed E-state index contributed by atoms with van der Waals surface area (Å²) >= 11 is 0. The summed E-state index contributed by atoms with van der Waals surface area (Å²) in [7, 11) is 1.75. The van der Waals surface area contributed by atoms with Crippen LogP contribution in [0.4, 0.5) is 0 Å². The van der Waals surface area contributed by atoms with E-state index in [0.717, 1.165) is 32.5 Å². The van der Waals surface area contributed by atoms with E-state index in [9.17, 15) is 4.79 Å². The Bertz CT molecular complexity index is 421. The number of amides is 1. The summed E-state index contributed by atoms with van der Waals surface area (Å²) < 4.78 is 7.03. The zero-order chi connectivity index (χ0) is 13.7. The van der Waals surface area contributed by atoms with Crippen LogP contribution in [0.3, 0.4) is 0 Å². The molecule has 106 valence electrons. The van der Waals surface area contributed by atoms with Gasteiger partial charge in [-0.05, 0) is 19.4 Å². The van der Waals surface area contributed by atoms with Crippen LogP contribution in [0.15, 0.2) is 6.20 Å². The molecule has 2 heterocycles. The minimum atomic E-state index is -0.427. The van der Waals surface area contributed by atoms with Crippen LogP contribution >= 0.6 is 0 Å². The van der Waals surface area contributed by atoms with E-state index >= 15 is 0 Å². The number of hydrazine groups is 1. The first-order chi connectivity index (χ1) is 9.22. The zero-order valence-electron chi connectivity index (χ0n) is 11.1. The highest BCUT2D eigenvalue weighted by Crippen LogP contribution is 2.12. The molecule has 1 aliphatic heterocycles. The second kappa shape index (κ2) is 6.60. The molecule has 0 bridgehead atoms. The van der Waals surface area contributed by atoms with Crippen molar-refractivity contribution in [2.75, 3.05) is 26.7 Å². The first-order valence-electron chi connectivity index (χ1n) is 6.39. The molecule has 8 nitrogen and oxygen atoms in total. The molecule has 0 spiro atoms. The molecule has 1 atom stereocenters. The van der Waals surface area contributed by atoms with Gasteiger partial charge in [-0.25, -0.2) is 5.84 Å². The van der Waals surface area contributed by atoms with Gasteiger partial charge >= 0.3 is 0 Å². The molecule has 1 amide bonds. The van der Waals surface area contributed by atoms with Crippen LogP contribution in [0.5, 0.6) is 0 Å². The Morgan fingerprint density at radius 2 is 2.47 bits per heavy atom. The maximum absolute atomic E-state index is 11.2. The van der Waals surface area contributed by atoms with Crippen molar-refractivity contribution in [2.45, 2.75) is 25.5 Å². The van der Waals surface area contributed by atoms with Gasteiger partial charge in [0.15, 0.2) is 5.69 Å². The predicted octanol–water partition coefficient (Wildman–Crippen LogP) is -1.01. The van der Waals surface area contributed by atoms with Gasteiger partial charge in [0, 0.05) is 20.2 Å². The van der Waals surface area contributed by atoms with Crippen LogP contribution < -0.4 is 11.3 Å². The summed E-state index contributed by atoms with van der Waals surface area (Å²) in [6, 6.07) is 0. The fourth-order valence-corrected chi connectivity index (χ4v) is 2.24. The third-order valence-electron chi connectivity index (χ3n) is 3.34. The number of carbonyl (C=O) groups excluding carboxylic acids is 1. The van der Waals surface area contributed by atoms with Crippen LogP contribution in [0, 0.1) is 0 Å². The van der Waals surface area contributed by atoms with Gasteiger partial charge in [0.2, 0.25) is 0 Å². The summed E-state index contributed by atoms with van der Waals surface area (Å²) in [4.78, 5) is 13.6. The third kappa shape index (κ3) is 3.72. The van der Waals surface area contributed by atoms with E-state index in [1.807, 2.05) is 5.43 Å². The normalized spacial score (nSPS) is 20.4. The largest absolute Gasteiger partial charge is 0.380 e. The second-order valence-corrected chi connectivity index (χ2v) is 4.64. The molecule has 3 N–H and O–H groups in total. The van der Waals surface area contributed by atoms with Crippen molar-refractivity contribution in [3.05, 3.63) is 11.9 Å². The maximum atomic E-state index is 11.2. The fraction of sp³-hybridized carbons (Fsp3) is 0.727. The number of nitrogens with two attached hydrogens (primary N) is 1. The maximum Gasteiger partial charge on any atom is 0.287 e. The summed E-state index contributed by atoms with van der Waals surface area (Å²) in [5.41, 5.74) is 2.26. The van der Waals surface area contributed by atoms with Gasteiger partial charge in [-0.15, -0.1) is 5.10 Å². The lowest BCUT2D eigenvalue weighted by Crippen LogP contribution is -2.40. The standard InChI is InChI=1S/C11H20N6O2/c1-19-9-3-2-4-16(7-9)5-6-17-8-10(14-15-17)11(18)13-12/h8-9H,2-7,12H2,1H3,(H,13,18). The third-order valence-corrected chi connectivity index (χ3v) is 3.34. The van der Waals surface area contributed by atoms with Gasteiger partial charge in [-0.3, -0.25) is 19.8 Å². The van der Waals surface area contributed by atoms with Crippen LogP contribution in [0.25, 0.3) is 0 Å². The van der Waals surface area contributed by atoms with E-state index in [1.54, 1.807) is 18.0 Å². The number of nitrogens with one attached hydrogen (secondary N) is 1. The van der Waals surface area contributed by atoms with Crippen molar-refractivity contribution in [3.63, 3.8) is 0 Å². The Kier molecular flexibility index (Phi) is 4.83. The number of rotatable bonds is 5. The van der Waals surface area contributed by atoms with Gasteiger partial charge in [0.1, 0.15) is 0 Å². The van der Waals surface area contributed by atoms with Crippen molar-refractivity contribution in [1.82, 2.24) is 25.3 Å². The SMILES string of the molecule is COC1CCCN(CCn2cc(C(=O)NN)nn2)C1. The molecule has 1 fully saturated rings. The Morgan fingerprint density at radius 3 is 3.21 bits per heavy atom. The van der Waals surface area contributed by atoms with Gasteiger partial charge in [-0.2, -0.15) is 0 Å². The van der Waals surface area contributed by atoms with Crippen LogP contribution in [-0.4, -0.2) is 58.6 Å². The molecule has 19 heavy (non-hydrogen) atoms. The Morgan fingerprint density at radius 1 is 1.63 bits per heavy atom. The number of likely N-dealkylation sites (tertiary alicyclic amines) is 1. The van der Waals surface area contributed by atoms with E-state index in [1.165, 1.54) is 0 Å². The summed E-state index contributed by atoms with van der Waals surface area (Å²) in [5, 5.41) is 7.66. The topological polar surface area (TPSA) is 98.3 Å². The highest BCUT2D eigenvalue weighted by atomic mass is 16.5. The lowest BCUT2D eigenvalue weighted by Gasteiger charge is -2.31. The minimum Gasteiger partial charge on any atom is -0.380 e. The van der Waals surface area contributed by atoms with E-state index < -0.39 is 5.91 Å². The van der Waals surface area contributed by atoms with Crippen LogP contribution in [0.2, 0.25) is 0 Å². The molecule has 1 aliphatic rings. The molecular weight excluding hydrogens is 248 g/mol. The Hall–Kier alpha value is -1.51. The zero-order valence-corrected chi connectivity index (χ0v) is 11.1. The highest BCUT2D eigenvalue weighted by molar-refractivity contribution is 5.91. The first kappa shape index (κ1) is 13.9. The van der Waals surface area contributed by atoms with Crippen molar-refractivity contribution < 1.29 is 9.53 Å². The van der Waals surface area contributed by atoms with Crippen molar-refractivity contribution in [1.29, 1.82) is 0 Å². The van der Waals surface area contributed by atoms with E-state index in [0.29, 0.717) is 12.6 Å². The smallest absolute Gasteiger partial charge is 0.287 e. The van der Waals surface area contributed by atoms with Crippen molar-refractivity contribution >= 4 is 5.91 Å². The number of aromatic nitrogens is 3. The quantitative estimate of drug-likeness (QED) is 0.403. The van der Waals surface area contributed by atoms with Gasteiger partial charge in [-0.1, -0.05) is 5.21 Å². The number of carbonyl (C=O) groups is 1. The fourth-order valence-electron chi connectivity index (χ4n) is 2.24.